The van der Waals surface area contributed by atoms with Crippen LogP contribution in [0.2, 0.25) is 0 Å². The third kappa shape index (κ3) is 11.7. The molecule has 2 aliphatic heterocycles. The van der Waals surface area contributed by atoms with Crippen molar-refractivity contribution in [2.75, 3.05) is 67.5 Å². The number of likely N-dealkylation sites (N-methyl/N-ethyl adjacent to an activating group) is 3. The van der Waals surface area contributed by atoms with E-state index in [2.05, 4.69) is 87.3 Å². The summed E-state index contributed by atoms with van der Waals surface area (Å²) in [4.78, 5) is 13.4. The summed E-state index contributed by atoms with van der Waals surface area (Å²) in [5.41, 5.74) is 3.34. The Kier molecular flexibility index (Phi) is 14.7. The molecule has 0 aromatic heterocycles. The highest BCUT2D eigenvalue weighted by molar-refractivity contribution is 5.93. The predicted octanol–water partition coefficient (Wildman–Crippen LogP) is 3.51. The molecule has 230 valence electrons. The van der Waals surface area contributed by atoms with Gasteiger partial charge < -0.3 is 31.0 Å². The number of rotatable bonds is 10. The van der Waals surface area contributed by atoms with Crippen LogP contribution >= 0.6 is 0 Å². The van der Waals surface area contributed by atoms with Gasteiger partial charge in [0.05, 0.1) is 20.2 Å². The first kappa shape index (κ1) is 37.2. The van der Waals surface area contributed by atoms with Crippen LogP contribution in [0.3, 0.4) is 0 Å². The van der Waals surface area contributed by atoms with E-state index in [1.165, 1.54) is 7.11 Å². The molecule has 0 saturated carbocycles. The minimum Gasteiger partial charge on any atom is -0.483 e. The minimum atomic E-state index is -0.776. The summed E-state index contributed by atoms with van der Waals surface area (Å²) in [5, 5.41) is 35.2. The van der Waals surface area contributed by atoms with Crippen LogP contribution in [-0.2, 0) is 4.74 Å². The van der Waals surface area contributed by atoms with Crippen LogP contribution in [0.1, 0.15) is 62.3 Å². The van der Waals surface area contributed by atoms with Gasteiger partial charge >= 0.3 is 0 Å². The molecule has 2 aliphatic rings. The molecular formula is C27H56N12O. The minimum absolute atomic E-state index is 0.0599. The van der Waals surface area contributed by atoms with Crippen LogP contribution in [0.5, 0.6) is 0 Å². The molecule has 0 atom stereocenters. The lowest BCUT2D eigenvalue weighted by molar-refractivity contribution is 0.350. The van der Waals surface area contributed by atoms with Crippen molar-refractivity contribution >= 4 is 23.3 Å². The van der Waals surface area contributed by atoms with Gasteiger partial charge in [0.15, 0.2) is 5.54 Å². The Hall–Kier alpha value is -2.80. The number of hydrogen-bond donors (Lipinski definition) is 4. The SMILES string of the molecule is CN1CCN=C1C(C)(C)N=NC(C)(C)C1=NCCN1C.CNCCN.COC(=N)C(C)(C)N=NC(C)(C)C(C)=N. The van der Waals surface area contributed by atoms with E-state index in [4.69, 9.17) is 21.3 Å². The van der Waals surface area contributed by atoms with Crippen LogP contribution in [0.25, 0.3) is 0 Å². The van der Waals surface area contributed by atoms with Crippen molar-refractivity contribution in [3.05, 3.63) is 0 Å². The molecule has 0 fully saturated rings. The fourth-order valence-corrected chi connectivity index (χ4v) is 3.49. The first-order valence-electron chi connectivity index (χ1n) is 13.7. The fraction of sp³-hybridized carbons (Fsp3) is 0.852. The molecule has 13 nitrogen and oxygen atoms in total. The molecule has 0 aliphatic carbocycles. The first-order chi connectivity index (χ1) is 18.3. The third-order valence-electron chi connectivity index (χ3n) is 6.38. The number of aliphatic imine (C=N–C) groups is 2. The number of amidine groups is 2. The van der Waals surface area contributed by atoms with Gasteiger partial charge in [-0.2, -0.15) is 20.5 Å². The molecule has 13 heteroatoms. The zero-order chi connectivity index (χ0) is 31.4. The summed E-state index contributed by atoms with van der Waals surface area (Å²) in [5.74, 6) is 2.09. The van der Waals surface area contributed by atoms with Crippen LogP contribution in [0.15, 0.2) is 30.4 Å². The van der Waals surface area contributed by atoms with E-state index in [9.17, 15) is 0 Å². The summed E-state index contributed by atoms with van der Waals surface area (Å²) in [6.07, 6.45) is 0. The van der Waals surface area contributed by atoms with Crippen molar-refractivity contribution in [1.29, 1.82) is 10.8 Å². The summed E-state index contributed by atoms with van der Waals surface area (Å²) >= 11 is 0. The normalized spacial score (nSPS) is 16.4. The third-order valence-corrected chi connectivity index (χ3v) is 6.38. The number of hydrogen-bond acceptors (Lipinski definition) is 13. The number of methoxy groups -OCH3 is 1. The van der Waals surface area contributed by atoms with Gasteiger partial charge in [-0.15, -0.1) is 0 Å². The maximum Gasteiger partial charge on any atom is 0.210 e. The molecule has 5 N–H and O–H groups in total. The monoisotopic (exact) mass is 564 g/mol. The summed E-state index contributed by atoms with van der Waals surface area (Å²) in [6, 6.07) is 0. The molecule has 0 aromatic carbocycles. The number of azo groups is 2. The smallest absolute Gasteiger partial charge is 0.210 e. The average Bonchev–Trinajstić information content (AvgIpc) is 3.51. The number of nitrogens with one attached hydrogen (secondary N) is 3. The van der Waals surface area contributed by atoms with Crippen molar-refractivity contribution in [3.8, 4) is 0 Å². The molecule has 0 unspecified atom stereocenters. The van der Waals surface area contributed by atoms with E-state index in [1.807, 2.05) is 20.9 Å². The maximum absolute atomic E-state index is 7.53. The highest BCUT2D eigenvalue weighted by Gasteiger charge is 2.34. The second-order valence-electron chi connectivity index (χ2n) is 11.9. The standard InChI is InChI=1S/C14H26N6.C10H20N4O.C3H10N2/c1-13(2,11-15-7-9-19(11)5)17-18-14(3,4)12-16-8-10-20(12)6;1-7(11)9(2,3)13-14-10(4,5)8(12)15-6;1-5-3-2-4/h7-10H2,1-6H3;11-12H,1-6H3;5H,2-4H2,1H3. The zero-order valence-electron chi connectivity index (χ0n) is 27.3. The Bertz CT molecular complexity index is 903. The number of nitrogens with zero attached hydrogens (tertiary/aromatic N) is 8. The largest absolute Gasteiger partial charge is 0.483 e. The van der Waals surface area contributed by atoms with Crippen molar-refractivity contribution in [2.24, 2.45) is 36.2 Å². The van der Waals surface area contributed by atoms with Crippen molar-refractivity contribution in [3.63, 3.8) is 0 Å². The van der Waals surface area contributed by atoms with Gasteiger partial charge in [0.1, 0.15) is 28.3 Å². The Morgan fingerprint density at radius 1 is 0.850 bits per heavy atom. The van der Waals surface area contributed by atoms with Gasteiger partial charge in [-0.05, 0) is 69.4 Å². The fourth-order valence-electron chi connectivity index (χ4n) is 3.49. The lowest BCUT2D eigenvalue weighted by Gasteiger charge is -2.29. The van der Waals surface area contributed by atoms with Gasteiger partial charge in [0.2, 0.25) is 5.90 Å². The molecule has 2 rings (SSSR count). The van der Waals surface area contributed by atoms with Gasteiger partial charge in [0, 0.05) is 46.0 Å². The molecule has 0 aromatic rings. The van der Waals surface area contributed by atoms with E-state index < -0.39 is 11.1 Å². The Morgan fingerprint density at radius 2 is 1.25 bits per heavy atom. The van der Waals surface area contributed by atoms with Crippen molar-refractivity contribution in [2.45, 2.75) is 84.5 Å². The van der Waals surface area contributed by atoms with Gasteiger partial charge in [0.25, 0.3) is 0 Å². The molecule has 0 saturated heterocycles. The van der Waals surface area contributed by atoms with E-state index in [-0.39, 0.29) is 17.0 Å². The van der Waals surface area contributed by atoms with Crippen LogP contribution in [-0.4, -0.2) is 123 Å². The number of nitrogens with two attached hydrogens (primary N) is 1. The van der Waals surface area contributed by atoms with Crippen molar-refractivity contribution < 1.29 is 4.74 Å². The highest BCUT2D eigenvalue weighted by atomic mass is 16.5. The summed E-state index contributed by atoms with van der Waals surface area (Å²) in [7, 11) is 7.44. The molecule has 0 spiro atoms. The van der Waals surface area contributed by atoms with Crippen LogP contribution < -0.4 is 11.1 Å². The maximum atomic E-state index is 7.53. The Labute approximate surface area is 242 Å². The van der Waals surface area contributed by atoms with Crippen LogP contribution in [0, 0.1) is 10.8 Å². The van der Waals surface area contributed by atoms with Gasteiger partial charge in [-0.25, -0.2) is 0 Å². The quantitative estimate of drug-likeness (QED) is 0.180. The molecule has 0 bridgehead atoms. The second-order valence-corrected chi connectivity index (χ2v) is 11.9. The van der Waals surface area contributed by atoms with Crippen LogP contribution in [0.4, 0.5) is 0 Å². The van der Waals surface area contributed by atoms with E-state index in [0.29, 0.717) is 5.71 Å². The zero-order valence-corrected chi connectivity index (χ0v) is 27.3. The molecular weight excluding hydrogens is 508 g/mol. The Morgan fingerprint density at radius 3 is 1.50 bits per heavy atom. The Balaban J connectivity index is 0.000000672. The second kappa shape index (κ2) is 15.8. The lowest BCUT2D eigenvalue weighted by Crippen LogP contribution is -2.42. The highest BCUT2D eigenvalue weighted by Crippen LogP contribution is 2.23. The number of ether oxygens (including phenoxy) is 1. The van der Waals surface area contributed by atoms with E-state index in [1.54, 1.807) is 20.8 Å². The molecule has 0 amide bonds. The molecule has 2 heterocycles. The van der Waals surface area contributed by atoms with E-state index >= 15 is 0 Å². The summed E-state index contributed by atoms with van der Waals surface area (Å²) < 4.78 is 4.82. The van der Waals surface area contributed by atoms with Gasteiger partial charge in [-0.1, -0.05) is 0 Å². The molecule has 40 heavy (non-hydrogen) atoms. The van der Waals surface area contributed by atoms with E-state index in [0.717, 1.165) is 50.9 Å². The molecule has 0 radical (unpaired) electrons. The first-order valence-corrected chi connectivity index (χ1v) is 13.7. The topological polar surface area (TPSA) is 176 Å². The summed E-state index contributed by atoms with van der Waals surface area (Å²) in [6.45, 7) is 22.3. The van der Waals surface area contributed by atoms with Crippen molar-refractivity contribution in [1.82, 2.24) is 15.1 Å². The lowest BCUT2D eigenvalue weighted by atomic mass is 10.0. The predicted molar refractivity (Wildman–Crippen MR) is 167 cm³/mol. The average molecular weight is 565 g/mol. The van der Waals surface area contributed by atoms with Gasteiger partial charge in [-0.3, -0.25) is 15.4 Å².